The molecule has 1 fully saturated rings. The number of hydrogen-bond donors (Lipinski definition) is 1. The smallest absolute Gasteiger partial charge is 0.244 e. The van der Waals surface area contributed by atoms with Gasteiger partial charge in [-0.3, -0.25) is 0 Å². The molecule has 8 heteroatoms. The highest BCUT2D eigenvalue weighted by Gasteiger charge is 2.26. The van der Waals surface area contributed by atoms with Crippen molar-refractivity contribution in [3.8, 4) is 5.69 Å². The van der Waals surface area contributed by atoms with Gasteiger partial charge in [0, 0.05) is 37.6 Å². The van der Waals surface area contributed by atoms with Crippen LogP contribution in [0.4, 0.5) is 5.82 Å². The first-order chi connectivity index (χ1) is 14.9. The molecule has 1 aliphatic heterocycles. The molecule has 0 bridgehead atoms. The van der Waals surface area contributed by atoms with Crippen molar-refractivity contribution in [1.82, 2.24) is 19.1 Å². The first kappa shape index (κ1) is 21.5. The number of anilines is 1. The van der Waals surface area contributed by atoms with Crippen LogP contribution in [0.3, 0.4) is 0 Å². The molecule has 1 aromatic carbocycles. The largest absolute Gasteiger partial charge is 0.366 e. The van der Waals surface area contributed by atoms with Crippen LogP contribution >= 0.6 is 0 Å². The highest BCUT2D eigenvalue weighted by molar-refractivity contribution is 7.89. The number of pyridine rings is 1. The zero-order valence-electron chi connectivity index (χ0n) is 18.0. The molecule has 4 rings (SSSR count). The van der Waals surface area contributed by atoms with E-state index >= 15 is 0 Å². The van der Waals surface area contributed by atoms with Gasteiger partial charge in [-0.05, 0) is 43.0 Å². The number of sulfonamides is 1. The van der Waals surface area contributed by atoms with Crippen LogP contribution in [0, 0.1) is 0 Å². The van der Waals surface area contributed by atoms with Crippen molar-refractivity contribution in [2.24, 2.45) is 0 Å². The molecule has 0 atom stereocenters. The minimum atomic E-state index is -3.46. The Labute approximate surface area is 184 Å². The minimum absolute atomic E-state index is 0.250. The lowest BCUT2D eigenvalue weighted by Gasteiger charge is -2.25. The molecule has 0 aliphatic carbocycles. The monoisotopic (exact) mass is 439 g/mol. The third kappa shape index (κ3) is 4.80. The highest BCUT2D eigenvalue weighted by atomic mass is 32.2. The predicted molar refractivity (Wildman–Crippen MR) is 122 cm³/mol. The third-order valence-electron chi connectivity index (χ3n) is 5.54. The van der Waals surface area contributed by atoms with E-state index in [0.29, 0.717) is 25.5 Å². The summed E-state index contributed by atoms with van der Waals surface area (Å²) >= 11 is 0. The maximum Gasteiger partial charge on any atom is 0.244 e. The van der Waals surface area contributed by atoms with Gasteiger partial charge < -0.3 is 5.32 Å². The second-order valence-corrected chi connectivity index (χ2v) is 10.1. The summed E-state index contributed by atoms with van der Waals surface area (Å²) in [5, 5.41) is 8.07. The zero-order chi connectivity index (χ0) is 21.8. The van der Waals surface area contributed by atoms with E-state index in [1.54, 1.807) is 16.4 Å². The summed E-state index contributed by atoms with van der Waals surface area (Å²) in [6.45, 7) is 5.99. The predicted octanol–water partition coefficient (Wildman–Crippen LogP) is 4.18. The van der Waals surface area contributed by atoms with Gasteiger partial charge in [-0.2, -0.15) is 9.40 Å². The topological polar surface area (TPSA) is 80.1 Å². The summed E-state index contributed by atoms with van der Waals surface area (Å²) in [5.41, 5.74) is 3.13. The zero-order valence-corrected chi connectivity index (χ0v) is 18.8. The Morgan fingerprint density at radius 2 is 1.77 bits per heavy atom. The van der Waals surface area contributed by atoms with Gasteiger partial charge in [-0.25, -0.2) is 18.1 Å². The Balaban J connectivity index is 1.47. The molecule has 0 radical (unpaired) electrons. The Hall–Kier alpha value is -2.71. The van der Waals surface area contributed by atoms with Crippen LogP contribution in [-0.2, 0) is 16.6 Å². The molecule has 3 heterocycles. The van der Waals surface area contributed by atoms with Crippen LogP contribution in [0.5, 0.6) is 0 Å². The van der Waals surface area contributed by atoms with Crippen molar-refractivity contribution in [2.75, 3.05) is 18.4 Å². The third-order valence-corrected chi connectivity index (χ3v) is 7.42. The standard InChI is InChI=1S/C23H29N5O2S/c1-18(2)23-19(17-28(26-23)20-9-5-3-6-10-20)15-24-22-12-11-21(16-25-22)31(29,30)27-13-7-4-8-14-27/h3,5-6,9-12,16-18H,4,7-8,13-15H2,1-2H3,(H,24,25). The van der Waals surface area contributed by atoms with Crippen LogP contribution in [0.1, 0.15) is 50.3 Å². The Morgan fingerprint density at radius 1 is 1.03 bits per heavy atom. The summed E-state index contributed by atoms with van der Waals surface area (Å²) in [4.78, 5) is 4.60. The number of nitrogens with one attached hydrogen (secondary N) is 1. The molecule has 0 saturated carbocycles. The van der Waals surface area contributed by atoms with Gasteiger partial charge in [0.15, 0.2) is 0 Å². The summed E-state index contributed by atoms with van der Waals surface area (Å²) in [5.74, 6) is 0.923. The molecular formula is C23H29N5O2S. The van der Waals surface area contributed by atoms with Crippen molar-refractivity contribution >= 4 is 15.8 Å². The Kier molecular flexibility index (Phi) is 6.38. The first-order valence-electron chi connectivity index (χ1n) is 10.8. The fourth-order valence-electron chi connectivity index (χ4n) is 3.84. The number of rotatable bonds is 7. The SMILES string of the molecule is CC(C)c1nn(-c2ccccc2)cc1CNc1ccc(S(=O)(=O)N2CCCCC2)cn1. The second-order valence-electron chi connectivity index (χ2n) is 8.17. The lowest BCUT2D eigenvalue weighted by atomic mass is 10.1. The van der Waals surface area contributed by atoms with Crippen LogP contribution in [0.2, 0.25) is 0 Å². The van der Waals surface area contributed by atoms with Gasteiger partial charge in [0.25, 0.3) is 0 Å². The number of aromatic nitrogens is 3. The van der Waals surface area contributed by atoms with Crippen molar-refractivity contribution < 1.29 is 8.42 Å². The number of hydrogen-bond acceptors (Lipinski definition) is 5. The van der Waals surface area contributed by atoms with Gasteiger partial charge in [-0.1, -0.05) is 38.5 Å². The normalized spacial score (nSPS) is 15.3. The van der Waals surface area contributed by atoms with Gasteiger partial charge in [0.2, 0.25) is 10.0 Å². The van der Waals surface area contributed by atoms with Crippen molar-refractivity contribution in [3.63, 3.8) is 0 Å². The van der Waals surface area contributed by atoms with E-state index < -0.39 is 10.0 Å². The molecule has 1 saturated heterocycles. The van der Waals surface area contributed by atoms with E-state index in [-0.39, 0.29) is 10.8 Å². The molecule has 0 spiro atoms. The molecule has 31 heavy (non-hydrogen) atoms. The van der Waals surface area contributed by atoms with E-state index in [2.05, 4.69) is 24.1 Å². The molecule has 0 amide bonds. The molecule has 1 aliphatic rings. The van der Waals surface area contributed by atoms with Crippen molar-refractivity contribution in [2.45, 2.75) is 50.5 Å². The number of nitrogens with zero attached hydrogens (tertiary/aromatic N) is 4. The summed E-state index contributed by atoms with van der Waals surface area (Å²) in [6.07, 6.45) is 6.41. The van der Waals surface area contributed by atoms with Gasteiger partial charge in [-0.15, -0.1) is 0 Å². The van der Waals surface area contributed by atoms with Crippen molar-refractivity contribution in [1.29, 1.82) is 0 Å². The van der Waals surface area contributed by atoms with Crippen molar-refractivity contribution in [3.05, 3.63) is 66.1 Å². The molecular weight excluding hydrogens is 410 g/mol. The van der Waals surface area contributed by atoms with Crippen LogP contribution in [0.15, 0.2) is 59.8 Å². The summed E-state index contributed by atoms with van der Waals surface area (Å²) in [6, 6.07) is 13.4. The molecule has 3 aromatic rings. The average Bonchev–Trinajstić information content (AvgIpc) is 3.24. The molecule has 0 unspecified atom stereocenters. The lowest BCUT2D eigenvalue weighted by molar-refractivity contribution is 0.346. The van der Waals surface area contributed by atoms with E-state index in [1.165, 1.54) is 6.20 Å². The van der Waals surface area contributed by atoms with Crippen LogP contribution < -0.4 is 5.32 Å². The first-order valence-corrected chi connectivity index (χ1v) is 12.2. The molecule has 1 N–H and O–H groups in total. The Morgan fingerprint density at radius 3 is 2.42 bits per heavy atom. The van der Waals surface area contributed by atoms with Gasteiger partial charge in [0.1, 0.15) is 10.7 Å². The summed E-state index contributed by atoms with van der Waals surface area (Å²) in [7, 11) is -3.46. The fourth-order valence-corrected chi connectivity index (χ4v) is 5.30. The molecule has 2 aromatic heterocycles. The number of piperidine rings is 1. The van der Waals surface area contributed by atoms with E-state index in [0.717, 1.165) is 36.2 Å². The maximum atomic E-state index is 12.8. The molecule has 7 nitrogen and oxygen atoms in total. The van der Waals surface area contributed by atoms with Crippen LogP contribution in [0.25, 0.3) is 5.69 Å². The van der Waals surface area contributed by atoms with Crippen LogP contribution in [-0.4, -0.2) is 40.6 Å². The van der Waals surface area contributed by atoms with E-state index in [4.69, 9.17) is 5.10 Å². The van der Waals surface area contributed by atoms with E-state index in [9.17, 15) is 8.42 Å². The maximum absolute atomic E-state index is 12.8. The number of benzene rings is 1. The fraction of sp³-hybridized carbons (Fsp3) is 0.391. The summed E-state index contributed by atoms with van der Waals surface area (Å²) < 4.78 is 29.0. The van der Waals surface area contributed by atoms with Gasteiger partial charge in [0.05, 0.1) is 11.4 Å². The van der Waals surface area contributed by atoms with E-state index in [1.807, 2.05) is 41.2 Å². The minimum Gasteiger partial charge on any atom is -0.366 e. The average molecular weight is 440 g/mol. The molecule has 164 valence electrons. The second kappa shape index (κ2) is 9.20. The van der Waals surface area contributed by atoms with Gasteiger partial charge >= 0.3 is 0 Å². The quantitative estimate of drug-likeness (QED) is 0.597. The Bertz CT molecular complexity index is 1100. The lowest BCUT2D eigenvalue weighted by Crippen LogP contribution is -2.35. The highest BCUT2D eigenvalue weighted by Crippen LogP contribution is 2.23. The number of para-hydroxylation sites is 1.